The summed E-state index contributed by atoms with van der Waals surface area (Å²) in [6.07, 6.45) is -4.51. The predicted molar refractivity (Wildman–Crippen MR) is 97.8 cm³/mol. The fourth-order valence-corrected chi connectivity index (χ4v) is 3.04. The molecule has 0 atom stereocenters. The van der Waals surface area contributed by atoms with E-state index in [1.165, 1.54) is 24.3 Å². The lowest BCUT2D eigenvalue weighted by Gasteiger charge is -2.14. The number of nitrogens with two attached hydrogens (primary N) is 1. The van der Waals surface area contributed by atoms with Crippen molar-refractivity contribution >= 4 is 35.2 Å². The molecule has 3 rings (SSSR count). The van der Waals surface area contributed by atoms with Crippen LogP contribution in [0.3, 0.4) is 0 Å². The number of aromatic nitrogens is 2. The first-order valence-electron chi connectivity index (χ1n) is 7.33. The van der Waals surface area contributed by atoms with Crippen LogP contribution in [0.4, 0.5) is 24.8 Å². The van der Waals surface area contributed by atoms with Crippen molar-refractivity contribution < 1.29 is 13.2 Å². The van der Waals surface area contributed by atoms with Gasteiger partial charge in [0.05, 0.1) is 16.3 Å². The molecule has 0 radical (unpaired) electrons. The molecular weight excluding hydrogens is 385 g/mol. The van der Waals surface area contributed by atoms with E-state index in [4.69, 9.17) is 17.3 Å². The molecule has 0 saturated carbocycles. The third-order valence-corrected chi connectivity index (χ3v) is 4.39. The lowest BCUT2D eigenvalue weighted by atomic mass is 10.0. The quantitative estimate of drug-likeness (QED) is 0.569. The molecule has 134 valence electrons. The lowest BCUT2D eigenvalue weighted by Crippen LogP contribution is -2.07. The zero-order valence-electron chi connectivity index (χ0n) is 13.1. The maximum atomic E-state index is 13.3. The fourth-order valence-electron chi connectivity index (χ4n) is 2.22. The van der Waals surface area contributed by atoms with E-state index in [0.29, 0.717) is 16.7 Å². The van der Waals surface area contributed by atoms with Crippen LogP contribution in [0.15, 0.2) is 59.6 Å². The molecule has 0 amide bonds. The van der Waals surface area contributed by atoms with Crippen LogP contribution in [0, 0.1) is 0 Å². The van der Waals surface area contributed by atoms with E-state index in [9.17, 15) is 13.2 Å². The Morgan fingerprint density at radius 1 is 0.962 bits per heavy atom. The Morgan fingerprint density at radius 3 is 2.46 bits per heavy atom. The van der Waals surface area contributed by atoms with Gasteiger partial charge in [0.2, 0.25) is 0 Å². The summed E-state index contributed by atoms with van der Waals surface area (Å²) in [4.78, 5) is 8.34. The third-order valence-electron chi connectivity index (χ3n) is 3.34. The van der Waals surface area contributed by atoms with Crippen molar-refractivity contribution in [2.45, 2.75) is 11.2 Å². The van der Waals surface area contributed by atoms with Gasteiger partial charge < -0.3 is 10.5 Å². The maximum Gasteiger partial charge on any atom is 0.417 e. The number of benzene rings is 1. The SMILES string of the molecule is Nc1cccc(SNc2ccc(Cl)c(-c3ccccc3C(F)(F)F)n2)n1. The van der Waals surface area contributed by atoms with Crippen LogP contribution in [-0.4, -0.2) is 9.97 Å². The summed E-state index contributed by atoms with van der Waals surface area (Å²) in [5, 5.41) is 0.721. The van der Waals surface area contributed by atoms with Crippen molar-refractivity contribution in [2.24, 2.45) is 0 Å². The molecule has 0 unspecified atom stereocenters. The Hall–Kier alpha value is -2.45. The number of rotatable bonds is 4. The first-order chi connectivity index (χ1) is 12.3. The summed E-state index contributed by atoms with van der Waals surface area (Å²) in [5.74, 6) is 0.705. The Bertz CT molecular complexity index is 934. The highest BCUT2D eigenvalue weighted by atomic mass is 35.5. The summed E-state index contributed by atoms with van der Waals surface area (Å²) in [6, 6.07) is 13.4. The van der Waals surface area contributed by atoms with E-state index in [1.54, 1.807) is 24.3 Å². The minimum Gasteiger partial charge on any atom is -0.384 e. The molecule has 0 bridgehead atoms. The Morgan fingerprint density at radius 2 is 1.73 bits per heavy atom. The molecule has 2 aromatic heterocycles. The van der Waals surface area contributed by atoms with Gasteiger partial charge in [-0.05, 0) is 30.3 Å². The summed E-state index contributed by atoms with van der Waals surface area (Å²) < 4.78 is 42.7. The van der Waals surface area contributed by atoms with E-state index < -0.39 is 11.7 Å². The fraction of sp³-hybridized carbons (Fsp3) is 0.0588. The van der Waals surface area contributed by atoms with Gasteiger partial charge in [0, 0.05) is 17.5 Å². The van der Waals surface area contributed by atoms with Gasteiger partial charge in [-0.25, -0.2) is 9.97 Å². The zero-order chi connectivity index (χ0) is 18.7. The van der Waals surface area contributed by atoms with Gasteiger partial charge in [-0.2, -0.15) is 13.2 Å². The second-order valence-electron chi connectivity index (χ2n) is 5.18. The van der Waals surface area contributed by atoms with Gasteiger partial charge in [0.1, 0.15) is 16.7 Å². The van der Waals surface area contributed by atoms with Gasteiger partial charge in [-0.3, -0.25) is 0 Å². The molecule has 3 N–H and O–H groups in total. The molecule has 0 spiro atoms. The molecule has 1 aromatic carbocycles. The summed E-state index contributed by atoms with van der Waals surface area (Å²) >= 11 is 7.24. The second kappa shape index (κ2) is 7.43. The number of nitrogens with one attached hydrogen (secondary N) is 1. The summed E-state index contributed by atoms with van der Waals surface area (Å²) in [5.41, 5.74) is 4.78. The minimum absolute atomic E-state index is 0.0470. The monoisotopic (exact) mass is 396 g/mol. The molecule has 0 fully saturated rings. The van der Waals surface area contributed by atoms with Crippen molar-refractivity contribution in [3.05, 3.63) is 65.2 Å². The molecule has 9 heteroatoms. The highest BCUT2D eigenvalue weighted by Crippen LogP contribution is 2.39. The van der Waals surface area contributed by atoms with Gasteiger partial charge >= 0.3 is 6.18 Å². The highest BCUT2D eigenvalue weighted by molar-refractivity contribution is 8.00. The van der Waals surface area contributed by atoms with Crippen molar-refractivity contribution in [3.63, 3.8) is 0 Å². The Kier molecular flexibility index (Phi) is 5.24. The number of nitrogen functional groups attached to an aromatic ring is 1. The summed E-state index contributed by atoms with van der Waals surface area (Å²) in [6.45, 7) is 0. The van der Waals surface area contributed by atoms with Crippen LogP contribution < -0.4 is 10.5 Å². The Balaban J connectivity index is 1.92. The largest absolute Gasteiger partial charge is 0.417 e. The third kappa shape index (κ3) is 4.20. The lowest BCUT2D eigenvalue weighted by molar-refractivity contribution is -0.137. The molecule has 26 heavy (non-hydrogen) atoms. The average molecular weight is 397 g/mol. The van der Waals surface area contributed by atoms with Crippen LogP contribution in [0.25, 0.3) is 11.3 Å². The van der Waals surface area contributed by atoms with E-state index in [-0.39, 0.29) is 16.3 Å². The van der Waals surface area contributed by atoms with E-state index >= 15 is 0 Å². The van der Waals surface area contributed by atoms with Gasteiger partial charge in [-0.1, -0.05) is 35.9 Å². The number of hydrogen-bond acceptors (Lipinski definition) is 5. The van der Waals surface area contributed by atoms with Crippen molar-refractivity contribution in [3.8, 4) is 11.3 Å². The molecular formula is C17H12ClF3N4S. The van der Waals surface area contributed by atoms with Crippen LogP contribution in [0.2, 0.25) is 5.02 Å². The first kappa shape index (κ1) is 18.3. The molecule has 2 heterocycles. The van der Waals surface area contributed by atoms with Crippen LogP contribution in [-0.2, 0) is 6.18 Å². The number of halogens is 4. The number of alkyl halides is 3. The molecule has 0 saturated heterocycles. The number of hydrogen-bond donors (Lipinski definition) is 2. The zero-order valence-corrected chi connectivity index (χ0v) is 14.7. The van der Waals surface area contributed by atoms with Crippen molar-refractivity contribution in [1.29, 1.82) is 0 Å². The van der Waals surface area contributed by atoms with Crippen LogP contribution in [0.1, 0.15) is 5.56 Å². The first-order valence-corrected chi connectivity index (χ1v) is 8.52. The molecule has 3 aromatic rings. The minimum atomic E-state index is -4.51. The Labute approximate surface area is 156 Å². The second-order valence-corrected chi connectivity index (χ2v) is 6.41. The standard InChI is InChI=1S/C17H12ClF3N4S/c18-12-8-9-14(25-26-15-7-3-6-13(22)23-15)24-16(12)10-4-1-2-5-11(10)17(19,20)21/h1-9H,(H2,22,23)(H,24,25). The van der Waals surface area contributed by atoms with Gasteiger partial charge in [0.15, 0.2) is 0 Å². The van der Waals surface area contributed by atoms with E-state index in [1.807, 2.05) is 0 Å². The highest BCUT2D eigenvalue weighted by Gasteiger charge is 2.34. The van der Waals surface area contributed by atoms with E-state index in [2.05, 4.69) is 14.7 Å². The van der Waals surface area contributed by atoms with Gasteiger partial charge in [0.25, 0.3) is 0 Å². The molecule has 4 nitrogen and oxygen atoms in total. The van der Waals surface area contributed by atoms with Crippen LogP contribution in [0.5, 0.6) is 0 Å². The average Bonchev–Trinajstić information content (AvgIpc) is 2.60. The maximum absolute atomic E-state index is 13.3. The summed E-state index contributed by atoms with van der Waals surface area (Å²) in [7, 11) is 0. The molecule has 0 aliphatic rings. The van der Waals surface area contributed by atoms with Crippen LogP contribution >= 0.6 is 23.5 Å². The van der Waals surface area contributed by atoms with Crippen molar-refractivity contribution in [2.75, 3.05) is 10.5 Å². The number of nitrogens with zero attached hydrogens (tertiary/aromatic N) is 2. The van der Waals surface area contributed by atoms with E-state index in [0.717, 1.165) is 18.0 Å². The van der Waals surface area contributed by atoms with Gasteiger partial charge in [-0.15, -0.1) is 0 Å². The smallest absolute Gasteiger partial charge is 0.384 e. The number of pyridine rings is 2. The normalized spacial score (nSPS) is 11.4. The topological polar surface area (TPSA) is 63.8 Å². The predicted octanol–water partition coefficient (Wildman–Crippen LogP) is 5.52. The van der Waals surface area contributed by atoms with Crippen molar-refractivity contribution in [1.82, 2.24) is 9.97 Å². The number of anilines is 2. The molecule has 0 aliphatic carbocycles. The molecule has 0 aliphatic heterocycles.